The molecule has 1 radical (unpaired) electrons. The van der Waals surface area contributed by atoms with E-state index in [-0.39, 0.29) is 6.10 Å². The summed E-state index contributed by atoms with van der Waals surface area (Å²) in [5.41, 5.74) is 1.27. The van der Waals surface area contributed by atoms with Crippen molar-refractivity contribution in [3.8, 4) is 0 Å². The van der Waals surface area contributed by atoms with Crippen LogP contribution in [0, 0.1) is 6.42 Å². The van der Waals surface area contributed by atoms with E-state index in [1.807, 2.05) is 12.2 Å². The highest BCUT2D eigenvalue weighted by Gasteiger charge is 2.05. The normalized spacial score (nSPS) is 26.0. The molecule has 0 bridgehead atoms. The zero-order chi connectivity index (χ0) is 6.69. The topological polar surface area (TPSA) is 9.23 Å². The van der Waals surface area contributed by atoms with Crippen molar-refractivity contribution >= 4 is 0 Å². The van der Waals surface area contributed by atoms with E-state index in [0.717, 1.165) is 0 Å². The molecule has 1 rings (SSSR count). The lowest BCUT2D eigenvalue weighted by molar-refractivity contribution is 0.167. The minimum Gasteiger partial charge on any atom is -0.377 e. The van der Waals surface area contributed by atoms with E-state index in [1.165, 1.54) is 5.57 Å². The Hall–Kier alpha value is -0.560. The monoisotopic (exact) mass is 123 g/mol. The molecule has 1 nitrogen and oxygen atoms in total. The van der Waals surface area contributed by atoms with E-state index < -0.39 is 0 Å². The van der Waals surface area contributed by atoms with Crippen LogP contribution in [0.2, 0.25) is 0 Å². The summed E-state index contributed by atoms with van der Waals surface area (Å²) < 4.78 is 5.08. The van der Waals surface area contributed by atoms with E-state index in [0.29, 0.717) is 0 Å². The summed E-state index contributed by atoms with van der Waals surface area (Å²) in [6.45, 7) is 2.06. The molecule has 0 aliphatic heterocycles. The third-order valence-electron chi connectivity index (χ3n) is 1.36. The van der Waals surface area contributed by atoms with Crippen LogP contribution in [-0.2, 0) is 4.74 Å². The predicted octanol–water partition coefficient (Wildman–Crippen LogP) is 1.72. The van der Waals surface area contributed by atoms with Crippen LogP contribution < -0.4 is 0 Å². The van der Waals surface area contributed by atoms with E-state index in [4.69, 9.17) is 4.74 Å². The molecule has 1 atom stereocenters. The zero-order valence-electron chi connectivity index (χ0n) is 5.79. The highest BCUT2D eigenvalue weighted by atomic mass is 16.5. The SMILES string of the molecule is COC1[CH]C(C)=CC=C1. The summed E-state index contributed by atoms with van der Waals surface area (Å²) >= 11 is 0. The van der Waals surface area contributed by atoms with Gasteiger partial charge in [0.05, 0.1) is 6.10 Å². The molecule has 0 aromatic rings. The lowest BCUT2D eigenvalue weighted by atomic mass is 10.0. The molecule has 1 heteroatoms. The molecule has 1 aliphatic rings. The second kappa shape index (κ2) is 2.83. The Labute approximate surface area is 56.0 Å². The maximum absolute atomic E-state index is 5.08. The first-order chi connectivity index (χ1) is 4.33. The van der Waals surface area contributed by atoms with Crippen LogP contribution in [0.1, 0.15) is 6.92 Å². The molecule has 1 aliphatic carbocycles. The molecule has 0 aromatic heterocycles. The second-order valence-electron chi connectivity index (χ2n) is 2.16. The Morgan fingerprint density at radius 3 is 2.78 bits per heavy atom. The number of ether oxygens (including phenoxy) is 1. The molecule has 0 amide bonds. The van der Waals surface area contributed by atoms with Gasteiger partial charge in [0.2, 0.25) is 0 Å². The lowest BCUT2D eigenvalue weighted by Gasteiger charge is -2.12. The Bertz CT molecular complexity index is 145. The fraction of sp³-hybridized carbons (Fsp3) is 0.375. The number of hydrogen-bond acceptors (Lipinski definition) is 1. The van der Waals surface area contributed by atoms with Crippen molar-refractivity contribution < 1.29 is 4.74 Å². The Kier molecular flexibility index (Phi) is 2.06. The van der Waals surface area contributed by atoms with Gasteiger partial charge in [-0.15, -0.1) is 0 Å². The summed E-state index contributed by atoms with van der Waals surface area (Å²) in [4.78, 5) is 0. The molecular weight excluding hydrogens is 112 g/mol. The maximum Gasteiger partial charge on any atom is 0.0827 e. The van der Waals surface area contributed by atoms with Gasteiger partial charge in [0.1, 0.15) is 0 Å². The van der Waals surface area contributed by atoms with Crippen molar-refractivity contribution in [2.45, 2.75) is 13.0 Å². The molecule has 9 heavy (non-hydrogen) atoms. The summed E-state index contributed by atoms with van der Waals surface area (Å²) in [5.74, 6) is 0. The molecular formula is C8H11O. The van der Waals surface area contributed by atoms with E-state index >= 15 is 0 Å². The molecule has 0 N–H and O–H groups in total. The van der Waals surface area contributed by atoms with E-state index in [2.05, 4.69) is 19.4 Å². The zero-order valence-corrected chi connectivity index (χ0v) is 5.79. The van der Waals surface area contributed by atoms with Crippen molar-refractivity contribution in [1.29, 1.82) is 0 Å². The third-order valence-corrected chi connectivity index (χ3v) is 1.36. The van der Waals surface area contributed by atoms with Crippen LogP contribution >= 0.6 is 0 Å². The van der Waals surface area contributed by atoms with Crippen LogP contribution in [0.3, 0.4) is 0 Å². The highest BCUT2D eigenvalue weighted by molar-refractivity contribution is 5.27. The first-order valence-corrected chi connectivity index (χ1v) is 3.05. The first-order valence-electron chi connectivity index (χ1n) is 3.05. The van der Waals surface area contributed by atoms with Crippen LogP contribution in [0.5, 0.6) is 0 Å². The van der Waals surface area contributed by atoms with Gasteiger partial charge in [0, 0.05) is 13.5 Å². The van der Waals surface area contributed by atoms with Gasteiger partial charge in [-0.1, -0.05) is 23.8 Å². The van der Waals surface area contributed by atoms with Gasteiger partial charge in [0.15, 0.2) is 0 Å². The van der Waals surface area contributed by atoms with Gasteiger partial charge in [-0.3, -0.25) is 0 Å². The van der Waals surface area contributed by atoms with Gasteiger partial charge in [-0.05, 0) is 6.92 Å². The molecule has 49 valence electrons. The van der Waals surface area contributed by atoms with Gasteiger partial charge in [0.25, 0.3) is 0 Å². The molecule has 0 heterocycles. The minimum atomic E-state index is 0.190. The first kappa shape index (κ1) is 6.56. The number of allylic oxidation sites excluding steroid dienone is 2. The Balaban J connectivity index is 2.51. The van der Waals surface area contributed by atoms with Crippen LogP contribution in [-0.4, -0.2) is 13.2 Å². The van der Waals surface area contributed by atoms with Crippen molar-refractivity contribution in [2.75, 3.05) is 7.11 Å². The molecule has 0 fully saturated rings. The van der Waals surface area contributed by atoms with E-state index in [1.54, 1.807) is 7.11 Å². The maximum atomic E-state index is 5.08. The largest absolute Gasteiger partial charge is 0.377 e. The highest BCUT2D eigenvalue weighted by Crippen LogP contribution is 2.11. The second-order valence-corrected chi connectivity index (χ2v) is 2.16. The molecule has 0 saturated carbocycles. The van der Waals surface area contributed by atoms with Gasteiger partial charge in [-0.2, -0.15) is 0 Å². The molecule has 0 aromatic carbocycles. The van der Waals surface area contributed by atoms with Crippen molar-refractivity contribution in [1.82, 2.24) is 0 Å². The van der Waals surface area contributed by atoms with Crippen molar-refractivity contribution in [3.05, 3.63) is 30.2 Å². The molecule has 1 unspecified atom stereocenters. The Morgan fingerprint density at radius 2 is 2.33 bits per heavy atom. The van der Waals surface area contributed by atoms with Gasteiger partial charge >= 0.3 is 0 Å². The minimum absolute atomic E-state index is 0.190. The Morgan fingerprint density at radius 1 is 1.56 bits per heavy atom. The summed E-state index contributed by atoms with van der Waals surface area (Å²) in [6.07, 6.45) is 8.38. The summed E-state index contributed by atoms with van der Waals surface area (Å²) in [6, 6.07) is 0. The fourth-order valence-corrected chi connectivity index (χ4v) is 0.834. The van der Waals surface area contributed by atoms with Crippen LogP contribution in [0.25, 0.3) is 0 Å². The average molecular weight is 123 g/mol. The standard InChI is InChI=1S/C8H11O/c1-7-4-3-5-8(6-7)9-2/h3-6,8H,1-2H3. The lowest BCUT2D eigenvalue weighted by Crippen LogP contribution is -2.09. The molecule has 0 saturated heterocycles. The average Bonchev–Trinajstić information content (AvgIpc) is 1.88. The number of hydrogen-bond donors (Lipinski definition) is 0. The summed E-state index contributed by atoms with van der Waals surface area (Å²) in [5, 5.41) is 0. The summed E-state index contributed by atoms with van der Waals surface area (Å²) in [7, 11) is 1.71. The predicted molar refractivity (Wildman–Crippen MR) is 38.0 cm³/mol. The quantitative estimate of drug-likeness (QED) is 0.516. The third kappa shape index (κ3) is 1.68. The molecule has 0 spiro atoms. The fourth-order valence-electron chi connectivity index (χ4n) is 0.834. The van der Waals surface area contributed by atoms with Crippen molar-refractivity contribution in [2.24, 2.45) is 0 Å². The van der Waals surface area contributed by atoms with Gasteiger partial charge < -0.3 is 4.74 Å². The van der Waals surface area contributed by atoms with E-state index in [9.17, 15) is 0 Å². The number of methoxy groups -OCH3 is 1. The number of rotatable bonds is 1. The van der Waals surface area contributed by atoms with Crippen LogP contribution in [0.15, 0.2) is 23.8 Å². The van der Waals surface area contributed by atoms with Crippen molar-refractivity contribution in [3.63, 3.8) is 0 Å². The van der Waals surface area contributed by atoms with Gasteiger partial charge in [-0.25, -0.2) is 0 Å². The smallest absolute Gasteiger partial charge is 0.0827 e. The van der Waals surface area contributed by atoms with Crippen LogP contribution in [0.4, 0.5) is 0 Å².